The highest BCUT2D eigenvalue weighted by Crippen LogP contribution is 2.63. The second kappa shape index (κ2) is 9.67. The van der Waals surface area contributed by atoms with Crippen molar-refractivity contribution in [2.24, 2.45) is 0 Å². The maximum Gasteiger partial charge on any atom is 0.0609 e. The Bertz CT molecular complexity index is 2610. The average Bonchev–Trinajstić information content (AvgIpc) is 3.81. The Kier molecular flexibility index (Phi) is 5.51. The molecule has 11 rings (SSSR count). The molecule has 2 nitrogen and oxygen atoms in total. The van der Waals surface area contributed by atoms with Gasteiger partial charge in [0.15, 0.2) is 0 Å². The number of benzene rings is 6. The van der Waals surface area contributed by atoms with Crippen molar-refractivity contribution >= 4 is 33.2 Å². The normalized spacial score (nSPS) is 20.0. The van der Waals surface area contributed by atoms with E-state index in [-0.39, 0.29) is 10.8 Å². The van der Waals surface area contributed by atoms with Crippen LogP contribution in [0.4, 0.5) is 11.4 Å². The zero-order chi connectivity index (χ0) is 33.5. The molecule has 2 atom stereocenters. The molecule has 4 aliphatic rings. The van der Waals surface area contributed by atoms with Gasteiger partial charge in [-0.05, 0) is 93.2 Å². The van der Waals surface area contributed by atoms with Crippen molar-refractivity contribution < 1.29 is 0 Å². The first kappa shape index (κ1) is 28.5. The summed E-state index contributed by atoms with van der Waals surface area (Å²) in [4.78, 5) is 2.74. The molecule has 0 saturated heterocycles. The molecular weight excluding hydrogens is 605 g/mol. The number of rotatable bonds is 2. The van der Waals surface area contributed by atoms with Crippen LogP contribution >= 0.6 is 0 Å². The first-order valence-electron chi connectivity index (χ1n) is 18.4. The minimum Gasteiger partial charge on any atom is -0.337 e. The molecule has 1 aliphatic heterocycles. The SMILES string of the molecule is CC1(C)c2ccccc2-c2ccc(-n3c4ccccc4c4c5c(c6c(c43)C(C)(C)c3ccccc3-6)[C@@H]3C=CCCC3N5c3ccccc3)cc21. The Labute approximate surface area is 294 Å². The third kappa shape index (κ3) is 3.40. The first-order valence-corrected chi connectivity index (χ1v) is 18.4. The van der Waals surface area contributed by atoms with Crippen molar-refractivity contribution in [1.82, 2.24) is 4.57 Å². The van der Waals surface area contributed by atoms with Crippen molar-refractivity contribution in [2.75, 3.05) is 4.90 Å². The molecule has 50 heavy (non-hydrogen) atoms. The van der Waals surface area contributed by atoms with E-state index in [9.17, 15) is 0 Å². The smallest absolute Gasteiger partial charge is 0.0609 e. The van der Waals surface area contributed by atoms with Gasteiger partial charge >= 0.3 is 0 Å². The van der Waals surface area contributed by atoms with E-state index in [1.54, 1.807) is 0 Å². The van der Waals surface area contributed by atoms with Crippen molar-refractivity contribution in [3.05, 3.63) is 161 Å². The molecule has 6 aromatic carbocycles. The molecular formula is C48H40N2. The molecule has 0 saturated carbocycles. The fourth-order valence-electron chi connectivity index (χ4n) is 10.6. The summed E-state index contributed by atoms with van der Waals surface area (Å²) in [6, 6.07) is 46.3. The number of aromatic nitrogens is 1. The minimum atomic E-state index is -0.175. The second-order valence-electron chi connectivity index (χ2n) is 16.0. The summed E-state index contributed by atoms with van der Waals surface area (Å²) in [5.41, 5.74) is 19.2. The van der Waals surface area contributed by atoms with Crippen LogP contribution in [-0.4, -0.2) is 10.6 Å². The zero-order valence-electron chi connectivity index (χ0n) is 29.2. The van der Waals surface area contributed by atoms with E-state index in [0.29, 0.717) is 12.0 Å². The molecule has 0 fully saturated rings. The summed E-state index contributed by atoms with van der Waals surface area (Å²) in [6.07, 6.45) is 7.23. The van der Waals surface area contributed by atoms with E-state index in [4.69, 9.17) is 0 Å². The number of anilines is 2. The summed E-state index contributed by atoms with van der Waals surface area (Å²) in [5, 5.41) is 2.73. The Morgan fingerprint density at radius 2 is 1.30 bits per heavy atom. The Morgan fingerprint density at radius 3 is 2.12 bits per heavy atom. The molecule has 3 aliphatic carbocycles. The highest BCUT2D eigenvalue weighted by molar-refractivity contribution is 6.21. The van der Waals surface area contributed by atoms with Gasteiger partial charge < -0.3 is 9.47 Å². The van der Waals surface area contributed by atoms with Gasteiger partial charge in [0.1, 0.15) is 0 Å². The Hall–Kier alpha value is -5.34. The summed E-state index contributed by atoms with van der Waals surface area (Å²) < 4.78 is 2.64. The average molecular weight is 645 g/mol. The minimum absolute atomic E-state index is 0.0778. The van der Waals surface area contributed by atoms with Crippen LogP contribution in [0.15, 0.2) is 133 Å². The van der Waals surface area contributed by atoms with Gasteiger partial charge in [-0.1, -0.05) is 131 Å². The van der Waals surface area contributed by atoms with Gasteiger partial charge in [0, 0.05) is 44.9 Å². The van der Waals surface area contributed by atoms with Gasteiger partial charge in [-0.3, -0.25) is 0 Å². The van der Waals surface area contributed by atoms with Gasteiger partial charge in [-0.15, -0.1) is 0 Å². The molecule has 2 heterocycles. The van der Waals surface area contributed by atoms with Crippen LogP contribution in [0.25, 0.3) is 49.7 Å². The second-order valence-corrected chi connectivity index (χ2v) is 16.0. The van der Waals surface area contributed by atoms with Crippen LogP contribution in [0, 0.1) is 0 Å². The Morgan fingerprint density at radius 1 is 0.620 bits per heavy atom. The summed E-state index contributed by atoms with van der Waals surface area (Å²) >= 11 is 0. The molecule has 0 amide bonds. The van der Waals surface area contributed by atoms with Gasteiger partial charge in [0.05, 0.1) is 16.7 Å². The Balaban J connectivity index is 1.33. The van der Waals surface area contributed by atoms with Crippen molar-refractivity contribution in [1.29, 1.82) is 0 Å². The largest absolute Gasteiger partial charge is 0.337 e. The van der Waals surface area contributed by atoms with Crippen LogP contribution in [0.5, 0.6) is 0 Å². The van der Waals surface area contributed by atoms with Crippen LogP contribution in [0.2, 0.25) is 0 Å². The fourth-order valence-corrected chi connectivity index (χ4v) is 10.6. The van der Waals surface area contributed by atoms with Gasteiger partial charge in [0.25, 0.3) is 0 Å². The molecule has 7 aromatic rings. The van der Waals surface area contributed by atoms with Crippen LogP contribution in [0.1, 0.15) is 74.3 Å². The standard InChI is InChI=1S/C48H40N2/c1-47(2)36-22-12-8-18-31(36)32-27-26-30(28-38(32)47)50-40-25-15-11-21-35(40)43-45-42(34-20-10-14-24-39(34)49(45)29-16-6-5-7-17-29)41-33-19-9-13-23-37(33)48(3,4)44(41)46(43)50/h5-13,15-23,25-28,34,39H,14,24H2,1-4H3/t34-,39?/m1/s1. The van der Waals surface area contributed by atoms with Gasteiger partial charge in [0.2, 0.25) is 0 Å². The van der Waals surface area contributed by atoms with Gasteiger partial charge in [-0.25, -0.2) is 0 Å². The lowest BCUT2D eigenvalue weighted by Crippen LogP contribution is -2.30. The topological polar surface area (TPSA) is 8.17 Å². The number of hydrogen-bond donors (Lipinski definition) is 0. The maximum absolute atomic E-state index is 2.74. The lowest BCUT2D eigenvalue weighted by molar-refractivity contribution is 0.566. The lowest BCUT2D eigenvalue weighted by atomic mass is 9.79. The molecule has 0 spiro atoms. The van der Waals surface area contributed by atoms with Crippen molar-refractivity contribution in [2.45, 2.75) is 63.3 Å². The third-order valence-electron chi connectivity index (χ3n) is 12.8. The number of allylic oxidation sites excluding steroid dienone is 1. The molecule has 1 unspecified atom stereocenters. The number of hydrogen-bond acceptors (Lipinski definition) is 1. The predicted octanol–water partition coefficient (Wildman–Crippen LogP) is 12.4. The van der Waals surface area contributed by atoms with E-state index in [2.05, 4.69) is 171 Å². The maximum atomic E-state index is 2.74. The summed E-state index contributed by atoms with van der Waals surface area (Å²) in [7, 11) is 0. The summed E-state index contributed by atoms with van der Waals surface area (Å²) in [6.45, 7) is 9.72. The van der Waals surface area contributed by atoms with E-state index >= 15 is 0 Å². The first-order chi connectivity index (χ1) is 24.4. The molecule has 0 N–H and O–H groups in total. The van der Waals surface area contributed by atoms with Gasteiger partial charge in [-0.2, -0.15) is 0 Å². The monoisotopic (exact) mass is 644 g/mol. The van der Waals surface area contributed by atoms with E-state index in [1.807, 2.05) is 0 Å². The molecule has 0 bridgehead atoms. The molecule has 0 radical (unpaired) electrons. The molecule has 1 aromatic heterocycles. The van der Waals surface area contributed by atoms with Crippen LogP contribution in [0.3, 0.4) is 0 Å². The van der Waals surface area contributed by atoms with E-state index in [1.165, 1.54) is 88.9 Å². The van der Waals surface area contributed by atoms with Crippen molar-refractivity contribution in [3.8, 4) is 27.9 Å². The summed E-state index contributed by atoms with van der Waals surface area (Å²) in [5.74, 6) is 0.334. The van der Waals surface area contributed by atoms with Crippen LogP contribution in [-0.2, 0) is 10.8 Å². The van der Waals surface area contributed by atoms with E-state index in [0.717, 1.165) is 12.8 Å². The lowest BCUT2D eigenvalue weighted by Gasteiger charge is -2.32. The molecule has 242 valence electrons. The predicted molar refractivity (Wildman–Crippen MR) is 209 cm³/mol. The number of fused-ring (bicyclic) bond motifs is 15. The zero-order valence-corrected chi connectivity index (χ0v) is 29.2. The highest BCUT2D eigenvalue weighted by Gasteiger charge is 2.49. The number of para-hydroxylation sites is 2. The number of nitrogens with zero attached hydrogens (tertiary/aromatic N) is 2. The van der Waals surface area contributed by atoms with Crippen LogP contribution < -0.4 is 4.90 Å². The fraction of sp³-hybridized carbons (Fsp3) is 0.208. The highest BCUT2D eigenvalue weighted by atomic mass is 15.2. The van der Waals surface area contributed by atoms with Crippen molar-refractivity contribution in [3.63, 3.8) is 0 Å². The quantitative estimate of drug-likeness (QED) is 0.170. The molecule has 2 heteroatoms. The van der Waals surface area contributed by atoms with E-state index < -0.39 is 0 Å². The third-order valence-corrected chi connectivity index (χ3v) is 12.8.